The van der Waals surface area contributed by atoms with Crippen LogP contribution in [0.25, 0.3) is 0 Å². The molecule has 1 heterocycles. The van der Waals surface area contributed by atoms with E-state index in [0.717, 1.165) is 31.7 Å². The zero-order chi connectivity index (χ0) is 11.9. The lowest BCUT2D eigenvalue weighted by atomic mass is 10.1. The molecule has 1 aliphatic heterocycles. The summed E-state index contributed by atoms with van der Waals surface area (Å²) in [6, 6.07) is 9.36. The molecule has 2 rings (SSSR count). The average molecular weight is 233 g/mol. The van der Waals surface area contributed by atoms with E-state index in [1.807, 2.05) is 30.3 Å². The molecule has 17 heavy (non-hydrogen) atoms. The lowest BCUT2D eigenvalue weighted by Crippen LogP contribution is -2.30. The van der Waals surface area contributed by atoms with Gasteiger partial charge in [0.2, 0.25) is 0 Å². The van der Waals surface area contributed by atoms with Crippen molar-refractivity contribution in [2.45, 2.75) is 12.8 Å². The number of carbonyl (C=O) groups excluding carboxylic acids is 1. The summed E-state index contributed by atoms with van der Waals surface area (Å²) in [4.78, 5) is 11.5. The standard InChI is InChI=1S/C13H19N3O/c17-13(16-12-4-2-1-3-5-12)15-9-7-11-6-8-14-10-11/h1-5,11,14H,6-10H2,(H2,15,16,17). The monoisotopic (exact) mass is 233 g/mol. The molecule has 3 N–H and O–H groups in total. The van der Waals surface area contributed by atoms with Gasteiger partial charge >= 0.3 is 6.03 Å². The van der Waals surface area contributed by atoms with Crippen molar-refractivity contribution in [2.75, 3.05) is 25.0 Å². The van der Waals surface area contributed by atoms with Crippen LogP contribution in [0.2, 0.25) is 0 Å². The molecule has 0 spiro atoms. The van der Waals surface area contributed by atoms with Crippen LogP contribution >= 0.6 is 0 Å². The molecule has 0 aliphatic carbocycles. The molecule has 92 valence electrons. The van der Waals surface area contributed by atoms with Gasteiger partial charge in [0.1, 0.15) is 0 Å². The SMILES string of the molecule is O=C(NCCC1CCNC1)Nc1ccccc1. The fourth-order valence-corrected chi connectivity index (χ4v) is 2.05. The van der Waals surface area contributed by atoms with E-state index < -0.39 is 0 Å². The third-order valence-electron chi connectivity index (χ3n) is 3.03. The Morgan fingerprint density at radius 1 is 1.35 bits per heavy atom. The number of para-hydroxylation sites is 1. The Hall–Kier alpha value is -1.55. The number of hydrogen-bond donors (Lipinski definition) is 3. The largest absolute Gasteiger partial charge is 0.338 e. The van der Waals surface area contributed by atoms with E-state index in [4.69, 9.17) is 0 Å². The van der Waals surface area contributed by atoms with E-state index in [2.05, 4.69) is 16.0 Å². The molecule has 1 unspecified atom stereocenters. The van der Waals surface area contributed by atoms with E-state index in [1.165, 1.54) is 6.42 Å². The van der Waals surface area contributed by atoms with Crippen LogP contribution in [0.15, 0.2) is 30.3 Å². The quantitative estimate of drug-likeness (QED) is 0.743. The molecule has 1 aromatic carbocycles. The number of hydrogen-bond acceptors (Lipinski definition) is 2. The molecule has 0 aromatic heterocycles. The van der Waals surface area contributed by atoms with Crippen molar-refractivity contribution in [3.05, 3.63) is 30.3 Å². The van der Waals surface area contributed by atoms with Crippen LogP contribution in [0.3, 0.4) is 0 Å². The van der Waals surface area contributed by atoms with Crippen LogP contribution in [0.5, 0.6) is 0 Å². The molecule has 1 atom stereocenters. The predicted octanol–water partition coefficient (Wildman–Crippen LogP) is 1.81. The Bertz CT molecular complexity index is 347. The number of carbonyl (C=O) groups is 1. The summed E-state index contributed by atoms with van der Waals surface area (Å²) < 4.78 is 0. The summed E-state index contributed by atoms with van der Waals surface area (Å²) >= 11 is 0. The second-order valence-electron chi connectivity index (χ2n) is 4.39. The van der Waals surface area contributed by atoms with Crippen LogP contribution in [-0.2, 0) is 0 Å². The van der Waals surface area contributed by atoms with Gasteiger partial charge in [-0.05, 0) is 44.0 Å². The summed E-state index contributed by atoms with van der Waals surface area (Å²) in [7, 11) is 0. The fraction of sp³-hybridized carbons (Fsp3) is 0.462. The molecule has 0 saturated carbocycles. The molecule has 1 fully saturated rings. The first-order valence-electron chi connectivity index (χ1n) is 6.15. The molecule has 4 heteroatoms. The minimum Gasteiger partial charge on any atom is -0.338 e. The van der Waals surface area contributed by atoms with E-state index >= 15 is 0 Å². The highest BCUT2D eigenvalue weighted by molar-refractivity contribution is 5.89. The van der Waals surface area contributed by atoms with Gasteiger partial charge in [0.15, 0.2) is 0 Å². The first-order valence-corrected chi connectivity index (χ1v) is 6.15. The van der Waals surface area contributed by atoms with E-state index in [-0.39, 0.29) is 6.03 Å². The summed E-state index contributed by atoms with van der Waals surface area (Å²) in [5, 5.41) is 9.00. The molecular weight excluding hydrogens is 214 g/mol. The lowest BCUT2D eigenvalue weighted by Gasteiger charge is -2.10. The minimum atomic E-state index is -0.123. The maximum absolute atomic E-state index is 11.5. The summed E-state index contributed by atoms with van der Waals surface area (Å²) in [5.74, 6) is 0.715. The van der Waals surface area contributed by atoms with Gasteiger partial charge in [0, 0.05) is 12.2 Å². The summed E-state index contributed by atoms with van der Waals surface area (Å²) in [6.45, 7) is 2.94. The van der Waals surface area contributed by atoms with Gasteiger partial charge in [-0.2, -0.15) is 0 Å². The number of rotatable bonds is 4. The fourth-order valence-electron chi connectivity index (χ4n) is 2.05. The van der Waals surface area contributed by atoms with Crippen LogP contribution in [-0.4, -0.2) is 25.7 Å². The molecule has 1 aromatic rings. The van der Waals surface area contributed by atoms with Gasteiger partial charge in [0.25, 0.3) is 0 Å². The topological polar surface area (TPSA) is 53.2 Å². The first-order chi connectivity index (χ1) is 8.34. The number of amides is 2. The molecule has 1 saturated heterocycles. The predicted molar refractivity (Wildman–Crippen MR) is 69.1 cm³/mol. The van der Waals surface area contributed by atoms with Crippen molar-refractivity contribution >= 4 is 11.7 Å². The van der Waals surface area contributed by atoms with Gasteiger partial charge in [-0.3, -0.25) is 0 Å². The molecule has 2 amide bonds. The van der Waals surface area contributed by atoms with Crippen LogP contribution in [0.4, 0.5) is 10.5 Å². The van der Waals surface area contributed by atoms with Gasteiger partial charge < -0.3 is 16.0 Å². The zero-order valence-corrected chi connectivity index (χ0v) is 9.91. The highest BCUT2D eigenvalue weighted by Gasteiger charge is 2.13. The van der Waals surface area contributed by atoms with Crippen molar-refractivity contribution in [1.82, 2.24) is 10.6 Å². The average Bonchev–Trinajstić information content (AvgIpc) is 2.83. The molecule has 0 radical (unpaired) electrons. The maximum atomic E-state index is 11.5. The highest BCUT2D eigenvalue weighted by Crippen LogP contribution is 2.10. The van der Waals surface area contributed by atoms with Crippen molar-refractivity contribution in [3.8, 4) is 0 Å². The number of nitrogens with one attached hydrogen (secondary N) is 3. The Kier molecular flexibility index (Phi) is 4.38. The molecular formula is C13H19N3O. The number of benzene rings is 1. The highest BCUT2D eigenvalue weighted by atomic mass is 16.2. The van der Waals surface area contributed by atoms with Crippen molar-refractivity contribution in [1.29, 1.82) is 0 Å². The molecule has 4 nitrogen and oxygen atoms in total. The Morgan fingerprint density at radius 2 is 2.18 bits per heavy atom. The lowest BCUT2D eigenvalue weighted by molar-refractivity contribution is 0.251. The van der Waals surface area contributed by atoms with E-state index in [0.29, 0.717) is 5.92 Å². The van der Waals surface area contributed by atoms with Gasteiger partial charge in [-0.15, -0.1) is 0 Å². The smallest absolute Gasteiger partial charge is 0.319 e. The summed E-state index contributed by atoms with van der Waals surface area (Å²) in [5.41, 5.74) is 0.826. The Morgan fingerprint density at radius 3 is 2.88 bits per heavy atom. The number of anilines is 1. The van der Waals surface area contributed by atoms with Gasteiger partial charge in [-0.25, -0.2) is 4.79 Å². The van der Waals surface area contributed by atoms with Gasteiger partial charge in [-0.1, -0.05) is 18.2 Å². The van der Waals surface area contributed by atoms with Gasteiger partial charge in [0.05, 0.1) is 0 Å². The zero-order valence-electron chi connectivity index (χ0n) is 9.91. The number of urea groups is 1. The third kappa shape index (κ3) is 4.07. The van der Waals surface area contributed by atoms with Crippen LogP contribution in [0, 0.1) is 5.92 Å². The van der Waals surface area contributed by atoms with E-state index in [1.54, 1.807) is 0 Å². The molecule has 1 aliphatic rings. The third-order valence-corrected chi connectivity index (χ3v) is 3.03. The van der Waals surface area contributed by atoms with Crippen molar-refractivity contribution in [3.63, 3.8) is 0 Å². The van der Waals surface area contributed by atoms with Crippen LogP contribution in [0.1, 0.15) is 12.8 Å². The Labute approximate surface area is 102 Å². The Balaban J connectivity index is 1.64. The second kappa shape index (κ2) is 6.25. The normalized spacial score (nSPS) is 18.9. The van der Waals surface area contributed by atoms with Crippen LogP contribution < -0.4 is 16.0 Å². The molecule has 0 bridgehead atoms. The maximum Gasteiger partial charge on any atom is 0.319 e. The first kappa shape index (κ1) is 11.9. The second-order valence-corrected chi connectivity index (χ2v) is 4.39. The van der Waals surface area contributed by atoms with Crippen molar-refractivity contribution < 1.29 is 4.79 Å². The van der Waals surface area contributed by atoms with E-state index in [9.17, 15) is 4.79 Å². The van der Waals surface area contributed by atoms with Crippen molar-refractivity contribution in [2.24, 2.45) is 5.92 Å². The summed E-state index contributed by atoms with van der Waals surface area (Å²) in [6.07, 6.45) is 2.27. The minimum absolute atomic E-state index is 0.123.